The number of carbonyl (C=O) groups excluding carboxylic acids is 2. The number of para-hydroxylation sites is 1. The van der Waals surface area contributed by atoms with E-state index in [0.717, 1.165) is 16.9 Å². The fourth-order valence-electron chi connectivity index (χ4n) is 2.96. The molecule has 1 heterocycles. The van der Waals surface area contributed by atoms with Crippen LogP contribution in [0, 0.1) is 0 Å². The van der Waals surface area contributed by atoms with Crippen LogP contribution in [0.3, 0.4) is 0 Å². The Bertz CT molecular complexity index is 1030. The summed E-state index contributed by atoms with van der Waals surface area (Å²) >= 11 is 1.36. The van der Waals surface area contributed by atoms with Crippen LogP contribution in [0.1, 0.15) is 29.8 Å². The van der Waals surface area contributed by atoms with Crippen molar-refractivity contribution in [2.24, 2.45) is 0 Å². The van der Waals surface area contributed by atoms with Gasteiger partial charge in [0, 0.05) is 25.6 Å². The zero-order chi connectivity index (χ0) is 21.5. The van der Waals surface area contributed by atoms with E-state index in [1.165, 1.54) is 18.7 Å². The van der Waals surface area contributed by atoms with Crippen LogP contribution in [0.25, 0.3) is 11.4 Å². The van der Waals surface area contributed by atoms with Gasteiger partial charge in [0.2, 0.25) is 5.91 Å². The van der Waals surface area contributed by atoms with Gasteiger partial charge in [-0.25, -0.2) is 0 Å². The first-order valence-electron chi connectivity index (χ1n) is 9.59. The molecule has 0 aliphatic carbocycles. The number of benzene rings is 2. The van der Waals surface area contributed by atoms with Crippen molar-refractivity contribution in [3.05, 3.63) is 59.7 Å². The van der Waals surface area contributed by atoms with Gasteiger partial charge in [-0.1, -0.05) is 48.2 Å². The van der Waals surface area contributed by atoms with Crippen LogP contribution < -0.4 is 10.1 Å². The normalized spacial score (nSPS) is 10.6. The molecule has 1 aromatic heterocycles. The number of Topliss-reactive ketones (excluding diaryl/α,β-unsaturated/α-hetero) is 1. The molecule has 0 unspecified atom stereocenters. The van der Waals surface area contributed by atoms with Gasteiger partial charge in [0.25, 0.3) is 0 Å². The molecular weight excluding hydrogens is 400 g/mol. The molecule has 0 fully saturated rings. The van der Waals surface area contributed by atoms with Gasteiger partial charge < -0.3 is 14.6 Å². The Hall–Kier alpha value is -3.13. The first-order chi connectivity index (χ1) is 14.5. The summed E-state index contributed by atoms with van der Waals surface area (Å²) in [4.78, 5) is 23.6. The van der Waals surface area contributed by atoms with Crippen LogP contribution in [-0.2, 0) is 17.9 Å². The second-order valence-corrected chi connectivity index (χ2v) is 7.51. The third-order valence-electron chi connectivity index (χ3n) is 4.53. The first kappa shape index (κ1) is 21.6. The van der Waals surface area contributed by atoms with Crippen LogP contribution in [0.5, 0.6) is 5.75 Å². The third-order valence-corrected chi connectivity index (χ3v) is 5.50. The molecule has 0 spiro atoms. The molecular formula is C22H24N4O3S. The van der Waals surface area contributed by atoms with Crippen LogP contribution in [-0.4, -0.2) is 39.3 Å². The van der Waals surface area contributed by atoms with Crippen LogP contribution in [0.4, 0.5) is 0 Å². The molecule has 0 atom stereocenters. The smallest absolute Gasteiger partial charge is 0.217 e. The average molecular weight is 425 g/mol. The number of aromatic nitrogens is 3. The Balaban J connectivity index is 1.69. The lowest BCUT2D eigenvalue weighted by Crippen LogP contribution is -2.18. The Morgan fingerprint density at radius 1 is 1.10 bits per heavy atom. The number of thioether (sulfide) groups is 1. The molecule has 0 radical (unpaired) electrons. The quantitative estimate of drug-likeness (QED) is 0.417. The number of nitrogens with one attached hydrogen (secondary N) is 1. The number of hydrogen-bond acceptors (Lipinski definition) is 6. The van der Waals surface area contributed by atoms with E-state index in [-0.39, 0.29) is 17.4 Å². The van der Waals surface area contributed by atoms with E-state index in [4.69, 9.17) is 4.74 Å². The summed E-state index contributed by atoms with van der Waals surface area (Å²) in [5.74, 6) is 1.63. The fraction of sp³-hybridized carbons (Fsp3) is 0.273. The zero-order valence-electron chi connectivity index (χ0n) is 17.2. The molecule has 1 N–H and O–H groups in total. The van der Waals surface area contributed by atoms with E-state index < -0.39 is 0 Å². The Morgan fingerprint density at radius 3 is 2.50 bits per heavy atom. The van der Waals surface area contributed by atoms with E-state index in [9.17, 15) is 9.59 Å². The molecule has 0 bridgehead atoms. The lowest BCUT2D eigenvalue weighted by Gasteiger charge is -2.10. The van der Waals surface area contributed by atoms with Crippen molar-refractivity contribution in [2.45, 2.75) is 32.1 Å². The molecule has 3 aromatic rings. The number of nitrogens with zero attached hydrogens (tertiary/aromatic N) is 3. The summed E-state index contributed by atoms with van der Waals surface area (Å²) < 4.78 is 7.42. The van der Waals surface area contributed by atoms with Gasteiger partial charge in [-0.3, -0.25) is 9.59 Å². The van der Waals surface area contributed by atoms with Gasteiger partial charge in [-0.05, 0) is 24.6 Å². The minimum Gasteiger partial charge on any atom is -0.496 e. The number of ketones is 1. The molecule has 156 valence electrons. The van der Waals surface area contributed by atoms with Crippen molar-refractivity contribution in [3.63, 3.8) is 0 Å². The summed E-state index contributed by atoms with van der Waals surface area (Å²) in [6, 6.07) is 14.9. The lowest BCUT2D eigenvalue weighted by atomic mass is 10.1. The van der Waals surface area contributed by atoms with E-state index >= 15 is 0 Å². The van der Waals surface area contributed by atoms with Gasteiger partial charge in [-0.2, -0.15) is 0 Å². The van der Waals surface area contributed by atoms with Gasteiger partial charge >= 0.3 is 0 Å². The van der Waals surface area contributed by atoms with Crippen LogP contribution in [0.2, 0.25) is 0 Å². The second-order valence-electron chi connectivity index (χ2n) is 6.57. The second kappa shape index (κ2) is 10.1. The minimum atomic E-state index is -0.0842. The van der Waals surface area contributed by atoms with E-state index in [0.29, 0.717) is 29.6 Å². The predicted molar refractivity (Wildman–Crippen MR) is 117 cm³/mol. The van der Waals surface area contributed by atoms with Crippen molar-refractivity contribution in [1.29, 1.82) is 0 Å². The van der Waals surface area contributed by atoms with Crippen molar-refractivity contribution in [1.82, 2.24) is 20.1 Å². The highest BCUT2D eigenvalue weighted by Gasteiger charge is 2.17. The molecule has 0 saturated heterocycles. The summed E-state index contributed by atoms with van der Waals surface area (Å²) in [5.41, 5.74) is 2.44. The van der Waals surface area contributed by atoms with E-state index in [1.54, 1.807) is 19.2 Å². The number of rotatable bonds is 9. The highest BCUT2D eigenvalue weighted by Crippen LogP contribution is 2.31. The monoisotopic (exact) mass is 424 g/mol. The Labute approximate surface area is 179 Å². The predicted octanol–water partition coefficient (Wildman–Crippen LogP) is 3.58. The van der Waals surface area contributed by atoms with Gasteiger partial charge in [-0.15, -0.1) is 10.2 Å². The number of methoxy groups -OCH3 is 1. The maximum absolute atomic E-state index is 12.6. The molecule has 3 rings (SSSR count). The number of hydrogen-bond donors (Lipinski definition) is 1. The molecule has 2 aromatic carbocycles. The maximum atomic E-state index is 12.6. The van der Waals surface area contributed by atoms with Gasteiger partial charge in [0.1, 0.15) is 5.75 Å². The molecule has 30 heavy (non-hydrogen) atoms. The lowest BCUT2D eigenvalue weighted by molar-refractivity contribution is -0.119. The van der Waals surface area contributed by atoms with Crippen molar-refractivity contribution in [2.75, 3.05) is 12.9 Å². The van der Waals surface area contributed by atoms with Gasteiger partial charge in [0.05, 0.1) is 18.4 Å². The van der Waals surface area contributed by atoms with Crippen LogP contribution in [0.15, 0.2) is 53.7 Å². The number of amides is 1. The third kappa shape index (κ3) is 5.07. The van der Waals surface area contributed by atoms with Gasteiger partial charge in [0.15, 0.2) is 16.8 Å². The summed E-state index contributed by atoms with van der Waals surface area (Å²) in [5, 5.41) is 12.0. The summed E-state index contributed by atoms with van der Waals surface area (Å²) in [7, 11) is 1.63. The number of carbonyl (C=O) groups is 2. The standard InChI is InChI=1S/C22H24N4O3S/c1-4-26-21(18-7-5-6-8-20(18)29-3)24-25-22(26)30-14-19(28)17-11-9-16(10-12-17)13-23-15(2)27/h5-12H,4,13-14H2,1-3H3,(H,23,27). The molecule has 7 nitrogen and oxygen atoms in total. The Kier molecular flexibility index (Phi) is 7.24. The molecule has 8 heteroatoms. The molecule has 1 amide bonds. The van der Waals surface area contributed by atoms with E-state index in [2.05, 4.69) is 15.5 Å². The Morgan fingerprint density at radius 2 is 1.83 bits per heavy atom. The van der Waals surface area contributed by atoms with Crippen molar-refractivity contribution in [3.8, 4) is 17.1 Å². The van der Waals surface area contributed by atoms with Crippen LogP contribution >= 0.6 is 11.8 Å². The maximum Gasteiger partial charge on any atom is 0.217 e. The average Bonchev–Trinajstić information content (AvgIpc) is 3.19. The highest BCUT2D eigenvalue weighted by atomic mass is 32.2. The van der Waals surface area contributed by atoms with Crippen molar-refractivity contribution >= 4 is 23.5 Å². The van der Waals surface area contributed by atoms with E-state index in [1.807, 2.05) is 47.9 Å². The SMILES string of the molecule is CCn1c(SCC(=O)c2ccc(CNC(C)=O)cc2)nnc1-c1ccccc1OC. The number of ether oxygens (including phenoxy) is 1. The fourth-order valence-corrected chi connectivity index (χ4v) is 3.85. The molecule has 0 aliphatic rings. The molecule has 0 saturated carbocycles. The summed E-state index contributed by atoms with van der Waals surface area (Å²) in [6.07, 6.45) is 0. The topological polar surface area (TPSA) is 86.1 Å². The molecule has 0 aliphatic heterocycles. The highest BCUT2D eigenvalue weighted by molar-refractivity contribution is 7.99. The minimum absolute atomic E-state index is 0.00979. The largest absolute Gasteiger partial charge is 0.496 e. The zero-order valence-corrected chi connectivity index (χ0v) is 18.0. The van der Waals surface area contributed by atoms with Crippen molar-refractivity contribution < 1.29 is 14.3 Å². The summed E-state index contributed by atoms with van der Waals surface area (Å²) in [6.45, 7) is 4.62. The first-order valence-corrected chi connectivity index (χ1v) is 10.6.